The van der Waals surface area contributed by atoms with Crippen molar-refractivity contribution >= 4 is 40.7 Å². The molecule has 0 saturated heterocycles. The third-order valence-corrected chi connectivity index (χ3v) is 3.21. The fourth-order valence-corrected chi connectivity index (χ4v) is 1.73. The van der Waals surface area contributed by atoms with Crippen molar-refractivity contribution in [1.82, 2.24) is 5.32 Å². The predicted octanol–water partition coefficient (Wildman–Crippen LogP) is 2.60. The van der Waals surface area contributed by atoms with Crippen LogP contribution in [0.1, 0.15) is 19.3 Å². The second-order valence-electron chi connectivity index (χ2n) is 4.20. The molecule has 0 bridgehead atoms. The minimum atomic E-state index is -0.369. The normalized spacial score (nSPS) is 14.1. The second kappa shape index (κ2) is 5.59. The lowest BCUT2D eigenvalue weighted by Gasteiger charge is -2.06. The Balaban J connectivity index is 1.85. The number of carbonyl (C=O) groups excluding carboxylic acids is 2. The zero-order valence-electron chi connectivity index (χ0n) is 9.50. The Kier molecular flexibility index (Phi) is 4.09. The van der Waals surface area contributed by atoms with Crippen molar-refractivity contribution in [2.75, 3.05) is 5.32 Å². The van der Waals surface area contributed by atoms with Crippen LogP contribution in [0.5, 0.6) is 0 Å². The second-order valence-corrected chi connectivity index (χ2v) is 5.01. The van der Waals surface area contributed by atoms with E-state index in [0.717, 1.165) is 12.8 Å². The number of hydrogen-bond donors (Lipinski definition) is 2. The molecule has 0 unspecified atom stereocenters. The van der Waals surface area contributed by atoms with Crippen LogP contribution in [0.2, 0.25) is 10.0 Å². The van der Waals surface area contributed by atoms with Gasteiger partial charge in [-0.25, -0.2) is 0 Å². The molecule has 1 aromatic carbocycles. The third-order valence-electron chi connectivity index (χ3n) is 2.47. The van der Waals surface area contributed by atoms with Gasteiger partial charge in [0, 0.05) is 11.7 Å². The number of benzene rings is 1. The van der Waals surface area contributed by atoms with Crippen molar-refractivity contribution in [1.29, 1.82) is 0 Å². The maximum absolute atomic E-state index is 11.6. The molecule has 1 fully saturated rings. The monoisotopic (exact) mass is 286 g/mol. The quantitative estimate of drug-likeness (QED) is 0.836. The first-order valence-electron chi connectivity index (χ1n) is 5.59. The highest BCUT2D eigenvalue weighted by molar-refractivity contribution is 6.42. The van der Waals surface area contributed by atoms with Gasteiger partial charge < -0.3 is 10.6 Å². The first-order chi connectivity index (χ1) is 8.54. The van der Waals surface area contributed by atoms with Gasteiger partial charge in [0.25, 0.3) is 0 Å². The van der Waals surface area contributed by atoms with Gasteiger partial charge in [-0.3, -0.25) is 9.59 Å². The van der Waals surface area contributed by atoms with Crippen LogP contribution < -0.4 is 10.6 Å². The zero-order valence-corrected chi connectivity index (χ0v) is 11.0. The van der Waals surface area contributed by atoms with Gasteiger partial charge in [-0.1, -0.05) is 23.2 Å². The van der Waals surface area contributed by atoms with E-state index in [1.807, 2.05) is 0 Å². The topological polar surface area (TPSA) is 58.2 Å². The predicted molar refractivity (Wildman–Crippen MR) is 70.9 cm³/mol. The highest BCUT2D eigenvalue weighted by Crippen LogP contribution is 2.25. The number of nitrogens with one attached hydrogen (secondary N) is 2. The summed E-state index contributed by atoms with van der Waals surface area (Å²) in [6.07, 6.45) is 1.82. The van der Waals surface area contributed by atoms with Crippen molar-refractivity contribution in [2.45, 2.75) is 25.3 Å². The van der Waals surface area contributed by atoms with Crippen LogP contribution in [-0.4, -0.2) is 17.9 Å². The summed E-state index contributed by atoms with van der Waals surface area (Å²) in [4.78, 5) is 23.0. The molecule has 0 aromatic heterocycles. The largest absolute Gasteiger partial charge is 0.353 e. The van der Waals surface area contributed by atoms with Crippen LogP contribution in [0.25, 0.3) is 0 Å². The maximum Gasteiger partial charge on any atom is 0.233 e. The summed E-state index contributed by atoms with van der Waals surface area (Å²) >= 11 is 11.6. The molecule has 18 heavy (non-hydrogen) atoms. The molecule has 6 heteroatoms. The highest BCUT2D eigenvalue weighted by Gasteiger charge is 2.24. The van der Waals surface area contributed by atoms with Crippen molar-refractivity contribution in [3.05, 3.63) is 28.2 Å². The first kappa shape index (κ1) is 13.2. The maximum atomic E-state index is 11.6. The van der Waals surface area contributed by atoms with Crippen molar-refractivity contribution in [3.8, 4) is 0 Å². The van der Waals surface area contributed by atoms with E-state index >= 15 is 0 Å². The van der Waals surface area contributed by atoms with E-state index in [-0.39, 0.29) is 24.3 Å². The molecule has 1 saturated carbocycles. The number of anilines is 1. The molecular formula is C12H12Cl2N2O2. The van der Waals surface area contributed by atoms with Gasteiger partial charge in [0.05, 0.1) is 10.0 Å². The van der Waals surface area contributed by atoms with E-state index in [1.54, 1.807) is 18.2 Å². The van der Waals surface area contributed by atoms with E-state index in [0.29, 0.717) is 15.7 Å². The molecule has 2 amide bonds. The average Bonchev–Trinajstić information content (AvgIpc) is 3.07. The first-order valence-corrected chi connectivity index (χ1v) is 6.34. The number of hydrogen-bond acceptors (Lipinski definition) is 2. The van der Waals surface area contributed by atoms with Crippen LogP contribution in [0.4, 0.5) is 5.69 Å². The molecule has 1 aromatic rings. The fourth-order valence-electron chi connectivity index (χ4n) is 1.43. The van der Waals surface area contributed by atoms with Crippen LogP contribution in [0, 0.1) is 0 Å². The molecule has 0 aliphatic heterocycles. The van der Waals surface area contributed by atoms with E-state index in [4.69, 9.17) is 23.2 Å². The minimum Gasteiger partial charge on any atom is -0.353 e. The van der Waals surface area contributed by atoms with Gasteiger partial charge in [-0.05, 0) is 31.0 Å². The van der Waals surface area contributed by atoms with Gasteiger partial charge in [-0.15, -0.1) is 0 Å². The summed E-state index contributed by atoms with van der Waals surface area (Å²) in [6, 6.07) is 5.02. The molecule has 2 N–H and O–H groups in total. The smallest absolute Gasteiger partial charge is 0.233 e. The standard InChI is InChI=1S/C12H12Cl2N2O2/c13-9-4-3-8(5-10(9)14)16-12(18)6-11(17)15-7-1-2-7/h3-5,7H,1-2,6H2,(H,15,17)(H,16,18). The Bertz CT molecular complexity index is 487. The van der Waals surface area contributed by atoms with Crippen molar-refractivity contribution in [3.63, 3.8) is 0 Å². The highest BCUT2D eigenvalue weighted by atomic mass is 35.5. The van der Waals surface area contributed by atoms with Crippen LogP contribution in [-0.2, 0) is 9.59 Å². The zero-order chi connectivity index (χ0) is 13.1. The lowest BCUT2D eigenvalue weighted by Crippen LogP contribution is -2.29. The lowest BCUT2D eigenvalue weighted by atomic mass is 10.3. The van der Waals surface area contributed by atoms with E-state index in [2.05, 4.69) is 10.6 Å². The van der Waals surface area contributed by atoms with Crippen LogP contribution in [0.3, 0.4) is 0 Å². The summed E-state index contributed by atoms with van der Waals surface area (Å²) in [5, 5.41) is 6.11. The molecule has 0 atom stereocenters. The Morgan fingerprint density at radius 1 is 1.17 bits per heavy atom. The summed E-state index contributed by atoms with van der Waals surface area (Å²) in [7, 11) is 0. The van der Waals surface area contributed by atoms with Crippen molar-refractivity contribution in [2.24, 2.45) is 0 Å². The third kappa shape index (κ3) is 3.89. The van der Waals surface area contributed by atoms with E-state index < -0.39 is 0 Å². The number of halogens is 2. The molecule has 1 aliphatic rings. The Morgan fingerprint density at radius 2 is 1.89 bits per heavy atom. The molecule has 0 radical (unpaired) electrons. The minimum absolute atomic E-state index is 0.184. The summed E-state index contributed by atoms with van der Waals surface area (Å²) in [6.45, 7) is 0. The summed E-state index contributed by atoms with van der Waals surface area (Å²) < 4.78 is 0. The van der Waals surface area contributed by atoms with Gasteiger partial charge in [0.15, 0.2) is 0 Å². The molecular weight excluding hydrogens is 275 g/mol. The van der Waals surface area contributed by atoms with E-state index in [1.165, 1.54) is 0 Å². The molecule has 0 spiro atoms. The number of amides is 2. The average molecular weight is 287 g/mol. The van der Waals surface area contributed by atoms with Gasteiger partial charge in [0.1, 0.15) is 6.42 Å². The lowest BCUT2D eigenvalue weighted by molar-refractivity contribution is -0.126. The van der Waals surface area contributed by atoms with Crippen molar-refractivity contribution < 1.29 is 9.59 Å². The molecule has 2 rings (SSSR count). The van der Waals surface area contributed by atoms with Crippen LogP contribution in [0.15, 0.2) is 18.2 Å². The molecule has 4 nitrogen and oxygen atoms in total. The molecule has 0 heterocycles. The Hall–Kier alpha value is -1.26. The van der Waals surface area contributed by atoms with Gasteiger partial charge >= 0.3 is 0 Å². The van der Waals surface area contributed by atoms with Gasteiger partial charge in [0.2, 0.25) is 11.8 Å². The summed E-state index contributed by atoms with van der Waals surface area (Å²) in [5.41, 5.74) is 0.522. The fraction of sp³-hybridized carbons (Fsp3) is 0.333. The number of rotatable bonds is 4. The Labute approximate surface area is 115 Å². The number of carbonyl (C=O) groups is 2. The Morgan fingerprint density at radius 3 is 2.50 bits per heavy atom. The summed E-state index contributed by atoms with van der Waals surface area (Å²) in [5.74, 6) is -0.624. The van der Waals surface area contributed by atoms with Crippen LogP contribution >= 0.6 is 23.2 Å². The molecule has 96 valence electrons. The SMILES string of the molecule is O=C(CC(=O)NC1CC1)Nc1ccc(Cl)c(Cl)c1. The van der Waals surface area contributed by atoms with E-state index in [9.17, 15) is 9.59 Å². The van der Waals surface area contributed by atoms with Gasteiger partial charge in [-0.2, -0.15) is 0 Å². The molecule has 1 aliphatic carbocycles.